The van der Waals surface area contributed by atoms with Crippen LogP contribution in [0, 0.1) is 0 Å². The maximum Gasteiger partial charge on any atom is 1.00 e. The van der Waals surface area contributed by atoms with Gasteiger partial charge in [0.15, 0.2) is 0 Å². The molecule has 0 radical (unpaired) electrons. The standard InChI is InChI=1S/C19H15ClN2O6S.2Na/c1-2-10-8-15(16(9-14(10)20)29(26,27)28)21-22-17-12-6-4-3-5-11(12)7-13(18(17)23)19(24)25;;/h3-9,23H,2H2,1H3,(H,24,25)(H,26,27,28);;/q;2*+1/p-2. The molecule has 0 aromatic heterocycles. The van der Waals surface area contributed by atoms with Gasteiger partial charge in [-0.15, -0.1) is 5.11 Å². The number of carbonyl (C=O) groups excluding carboxylic acids is 1. The van der Waals surface area contributed by atoms with Crippen molar-refractivity contribution in [3.05, 3.63) is 58.6 Å². The Morgan fingerprint density at radius 2 is 1.77 bits per heavy atom. The zero-order chi connectivity index (χ0) is 21.3. The minimum atomic E-state index is -4.68. The number of hydrogen-bond donors (Lipinski definition) is 1. The van der Waals surface area contributed by atoms with Crippen LogP contribution in [-0.4, -0.2) is 18.9 Å². The van der Waals surface area contributed by atoms with Crippen LogP contribution in [0.25, 0.3) is 10.8 Å². The van der Waals surface area contributed by atoms with Gasteiger partial charge in [0, 0.05) is 10.4 Å². The quantitative estimate of drug-likeness (QED) is 0.238. The van der Waals surface area contributed by atoms with Crippen LogP contribution < -0.4 is 69.3 Å². The number of nitrogens with zero attached hydrogens (tertiary/aromatic N) is 2. The molecule has 0 bridgehead atoms. The summed E-state index contributed by atoms with van der Waals surface area (Å²) in [6, 6.07) is 9.94. The molecule has 0 heterocycles. The van der Waals surface area contributed by atoms with Crippen molar-refractivity contribution >= 4 is 49.8 Å². The minimum Gasteiger partial charge on any atom is -0.871 e. The van der Waals surface area contributed by atoms with E-state index in [2.05, 4.69) is 10.2 Å². The van der Waals surface area contributed by atoms with Gasteiger partial charge in [0.25, 0.3) is 10.1 Å². The number of rotatable bonds is 5. The first-order chi connectivity index (χ1) is 13.6. The summed E-state index contributed by atoms with van der Waals surface area (Å²) in [6.45, 7) is 1.78. The van der Waals surface area contributed by atoms with Gasteiger partial charge in [0.1, 0.15) is 10.6 Å². The summed E-state index contributed by atoms with van der Waals surface area (Å²) < 4.78 is 32.8. The first kappa shape index (κ1) is 28.0. The molecule has 0 saturated carbocycles. The number of aromatic carboxylic acids is 1. The molecule has 0 aliphatic rings. The van der Waals surface area contributed by atoms with Crippen molar-refractivity contribution in [1.82, 2.24) is 0 Å². The molecular weight excluding hydrogens is 466 g/mol. The van der Waals surface area contributed by atoms with Gasteiger partial charge in [-0.2, -0.15) is 13.5 Å². The number of carbonyl (C=O) groups is 1. The van der Waals surface area contributed by atoms with Gasteiger partial charge in [-0.05, 0) is 41.1 Å². The Labute approximate surface area is 227 Å². The van der Waals surface area contributed by atoms with E-state index < -0.39 is 32.3 Å². The second-order valence-electron chi connectivity index (χ2n) is 6.05. The van der Waals surface area contributed by atoms with Gasteiger partial charge in [-0.1, -0.05) is 48.5 Å². The number of carboxylic acids is 1. The summed E-state index contributed by atoms with van der Waals surface area (Å²) in [7, 11) is -4.68. The van der Waals surface area contributed by atoms with Crippen molar-refractivity contribution in [2.75, 3.05) is 0 Å². The summed E-state index contributed by atoms with van der Waals surface area (Å²) in [5, 5.41) is 32.3. The van der Waals surface area contributed by atoms with E-state index in [-0.39, 0.29) is 75.5 Å². The molecule has 0 unspecified atom stereocenters. The molecule has 0 atom stereocenters. The number of carboxylic acid groups (broad SMARTS) is 1. The smallest absolute Gasteiger partial charge is 0.871 e. The average molecular weight is 479 g/mol. The zero-order valence-corrected chi connectivity index (χ0v) is 22.5. The molecule has 31 heavy (non-hydrogen) atoms. The Morgan fingerprint density at radius 1 is 1.13 bits per heavy atom. The molecule has 0 aliphatic heterocycles. The monoisotopic (exact) mass is 478 g/mol. The molecule has 3 rings (SSSR count). The molecule has 3 aromatic carbocycles. The first-order valence-corrected chi connectivity index (χ1v) is 10.1. The fourth-order valence-corrected chi connectivity index (χ4v) is 3.80. The van der Waals surface area contributed by atoms with Crippen LogP contribution in [0.5, 0.6) is 5.75 Å². The van der Waals surface area contributed by atoms with Crippen molar-refractivity contribution in [2.24, 2.45) is 10.2 Å². The van der Waals surface area contributed by atoms with Crippen molar-refractivity contribution in [1.29, 1.82) is 0 Å². The molecule has 8 nitrogen and oxygen atoms in total. The minimum absolute atomic E-state index is 0. The Bertz CT molecular complexity index is 1280. The average Bonchev–Trinajstić information content (AvgIpc) is 2.66. The largest absolute Gasteiger partial charge is 1.00 e. The molecule has 0 aliphatic carbocycles. The van der Waals surface area contributed by atoms with E-state index >= 15 is 0 Å². The predicted molar refractivity (Wildman–Crippen MR) is 103 cm³/mol. The Balaban J connectivity index is 0.00000240. The Morgan fingerprint density at radius 3 is 2.35 bits per heavy atom. The van der Waals surface area contributed by atoms with Crippen molar-refractivity contribution < 1.29 is 87.1 Å². The molecule has 1 N–H and O–H groups in total. The second kappa shape index (κ2) is 11.2. The third kappa shape index (κ3) is 6.07. The zero-order valence-electron chi connectivity index (χ0n) is 16.9. The van der Waals surface area contributed by atoms with Crippen LogP contribution >= 0.6 is 11.6 Å². The third-order valence-electron chi connectivity index (χ3n) is 4.24. The molecule has 12 heteroatoms. The van der Waals surface area contributed by atoms with Gasteiger partial charge in [-0.3, -0.25) is 4.55 Å². The number of aryl methyl sites for hydroxylation is 1. The van der Waals surface area contributed by atoms with Crippen LogP contribution in [0.3, 0.4) is 0 Å². The fourth-order valence-electron chi connectivity index (χ4n) is 2.81. The van der Waals surface area contributed by atoms with Crippen LogP contribution in [0.4, 0.5) is 11.4 Å². The predicted octanol–water partition coefficient (Wildman–Crippen LogP) is -2.84. The van der Waals surface area contributed by atoms with Crippen LogP contribution in [0.15, 0.2) is 57.6 Å². The molecular formula is C19H13ClN2Na2O6S. The van der Waals surface area contributed by atoms with E-state index in [0.717, 1.165) is 6.07 Å². The summed E-state index contributed by atoms with van der Waals surface area (Å²) in [6.07, 6.45) is 0.447. The van der Waals surface area contributed by atoms with E-state index in [1.165, 1.54) is 12.1 Å². The summed E-state index contributed by atoms with van der Waals surface area (Å²) in [5.41, 5.74) is -0.589. The number of hydrogen-bond acceptors (Lipinski definition) is 7. The Kier molecular flexibility index (Phi) is 10.1. The number of benzene rings is 3. The number of fused-ring (bicyclic) bond motifs is 1. The van der Waals surface area contributed by atoms with Gasteiger partial charge in [-0.25, -0.2) is 0 Å². The molecule has 0 amide bonds. The van der Waals surface area contributed by atoms with E-state index in [9.17, 15) is 28.0 Å². The van der Waals surface area contributed by atoms with E-state index in [1.807, 2.05) is 0 Å². The SMILES string of the molecule is CCc1cc(N=Nc2c([O-])c(C(=O)[O-])cc3ccccc23)c(S(=O)(=O)O)cc1Cl.[Na+].[Na+]. The summed E-state index contributed by atoms with van der Waals surface area (Å²) in [5.74, 6) is -2.60. The van der Waals surface area contributed by atoms with E-state index in [1.54, 1.807) is 31.2 Å². The number of azo groups is 1. The molecule has 0 saturated heterocycles. The van der Waals surface area contributed by atoms with Crippen molar-refractivity contribution in [2.45, 2.75) is 18.2 Å². The second-order valence-corrected chi connectivity index (χ2v) is 7.85. The molecule has 150 valence electrons. The van der Waals surface area contributed by atoms with Crippen molar-refractivity contribution in [3.63, 3.8) is 0 Å². The van der Waals surface area contributed by atoms with E-state index in [4.69, 9.17) is 11.6 Å². The summed E-state index contributed by atoms with van der Waals surface area (Å²) in [4.78, 5) is 10.7. The Hall–Kier alpha value is -1.01. The van der Waals surface area contributed by atoms with Crippen molar-refractivity contribution in [3.8, 4) is 5.75 Å². The van der Waals surface area contributed by atoms with E-state index in [0.29, 0.717) is 22.8 Å². The van der Waals surface area contributed by atoms with Gasteiger partial charge >= 0.3 is 59.1 Å². The topological polar surface area (TPSA) is 142 Å². The molecule has 0 spiro atoms. The van der Waals surface area contributed by atoms with Gasteiger partial charge < -0.3 is 15.0 Å². The normalized spacial score (nSPS) is 11.2. The molecule has 0 fully saturated rings. The van der Waals surface area contributed by atoms with Crippen LogP contribution in [0.1, 0.15) is 22.8 Å². The third-order valence-corrected chi connectivity index (χ3v) is 5.47. The maximum atomic E-state index is 12.5. The number of halogens is 1. The molecule has 3 aromatic rings. The first-order valence-electron chi connectivity index (χ1n) is 8.29. The van der Waals surface area contributed by atoms with Gasteiger partial charge in [0.05, 0.1) is 11.7 Å². The van der Waals surface area contributed by atoms with Gasteiger partial charge in [0.2, 0.25) is 0 Å². The maximum absolute atomic E-state index is 12.5. The van der Waals surface area contributed by atoms with Crippen LogP contribution in [0.2, 0.25) is 5.02 Å². The fraction of sp³-hybridized carbons (Fsp3) is 0.105. The van der Waals surface area contributed by atoms with Crippen LogP contribution in [-0.2, 0) is 16.5 Å². The summed E-state index contributed by atoms with van der Waals surface area (Å²) >= 11 is 6.01.